The summed E-state index contributed by atoms with van der Waals surface area (Å²) in [6.07, 6.45) is -0.207. The molecular formula is C18H38O8Si2Zr. The summed E-state index contributed by atoms with van der Waals surface area (Å²) >= 11 is -0.935. The number of ether oxygens (including phenoxy) is 2. The summed E-state index contributed by atoms with van der Waals surface area (Å²) < 4.78 is 20.4. The predicted octanol–water partition coefficient (Wildman–Crippen LogP) is 3.66. The summed E-state index contributed by atoms with van der Waals surface area (Å²) in [5.74, 6) is -1.20. The second-order valence-electron chi connectivity index (χ2n) is 7.88. The number of ketones is 2. The van der Waals surface area contributed by atoms with E-state index < -0.39 is 52.7 Å². The molecule has 0 rings (SSSR count). The first-order valence-corrected chi connectivity index (χ1v) is 18.3. The van der Waals surface area contributed by atoms with Crippen LogP contribution in [-0.2, 0) is 57.8 Å². The molecule has 0 aliphatic rings. The molecular weight excluding hydrogens is 492 g/mol. The van der Waals surface area contributed by atoms with Crippen molar-refractivity contribution in [2.75, 3.05) is 13.2 Å². The Labute approximate surface area is 190 Å². The van der Waals surface area contributed by atoms with Crippen LogP contribution in [0.4, 0.5) is 0 Å². The van der Waals surface area contributed by atoms with Crippen LogP contribution in [0.15, 0.2) is 0 Å². The van der Waals surface area contributed by atoms with E-state index in [0.717, 1.165) is 0 Å². The summed E-state index contributed by atoms with van der Waals surface area (Å²) in [6, 6.07) is 0. The van der Waals surface area contributed by atoms with Crippen LogP contribution in [0.2, 0.25) is 39.3 Å². The Kier molecular flexibility index (Phi) is 20.9. The summed E-state index contributed by atoms with van der Waals surface area (Å²) in [7, 11) is -2.57. The average Bonchev–Trinajstić information content (AvgIpc) is 2.44. The molecule has 0 fully saturated rings. The molecule has 0 amide bonds. The zero-order valence-electron chi connectivity index (χ0n) is 19.6. The van der Waals surface area contributed by atoms with Gasteiger partial charge in [0.25, 0.3) is 0 Å². The molecule has 0 bridgehead atoms. The molecule has 8 nitrogen and oxygen atoms in total. The van der Waals surface area contributed by atoms with Gasteiger partial charge in [-0.15, -0.1) is 0 Å². The van der Waals surface area contributed by atoms with Crippen molar-refractivity contribution in [2.45, 2.75) is 79.8 Å². The third kappa shape index (κ3) is 38.7. The first-order valence-electron chi connectivity index (χ1n) is 9.45. The van der Waals surface area contributed by atoms with Crippen LogP contribution >= 0.6 is 0 Å². The van der Waals surface area contributed by atoms with Crippen molar-refractivity contribution in [3.05, 3.63) is 0 Å². The quantitative estimate of drug-likeness (QED) is 0.240. The van der Waals surface area contributed by atoms with Gasteiger partial charge in [0.15, 0.2) is 0 Å². The van der Waals surface area contributed by atoms with Crippen molar-refractivity contribution >= 4 is 40.1 Å². The topological polar surface area (TPSA) is 105 Å². The molecule has 0 radical (unpaired) electrons. The second-order valence-corrected chi connectivity index (χ2v) is 20.2. The zero-order chi connectivity index (χ0) is 23.7. The van der Waals surface area contributed by atoms with Gasteiger partial charge in [-0.2, -0.15) is 0 Å². The number of esters is 2. The molecule has 0 aromatic rings. The number of carbonyl (C=O) groups is 4. The van der Waals surface area contributed by atoms with Gasteiger partial charge < -0.3 is 9.47 Å². The maximum atomic E-state index is 10.4. The molecule has 0 aliphatic carbocycles. The van der Waals surface area contributed by atoms with E-state index in [1.165, 1.54) is 13.8 Å². The van der Waals surface area contributed by atoms with Gasteiger partial charge in [0.2, 0.25) is 0 Å². The fourth-order valence-electron chi connectivity index (χ4n) is 1.10. The van der Waals surface area contributed by atoms with Gasteiger partial charge in [-0.1, -0.05) is 0 Å². The van der Waals surface area contributed by atoms with Gasteiger partial charge in [0.1, 0.15) is 24.4 Å². The monoisotopic (exact) mass is 528 g/mol. The summed E-state index contributed by atoms with van der Waals surface area (Å²) in [4.78, 5) is 41.3. The maximum absolute atomic E-state index is 10.4. The van der Waals surface area contributed by atoms with Gasteiger partial charge in [-0.25, -0.2) is 0 Å². The van der Waals surface area contributed by atoms with Crippen molar-refractivity contribution < 1.29 is 57.8 Å². The van der Waals surface area contributed by atoms with E-state index in [2.05, 4.69) is 48.8 Å². The second kappa shape index (κ2) is 18.3. The van der Waals surface area contributed by atoms with Gasteiger partial charge in [0.05, 0.1) is 13.2 Å². The Morgan fingerprint density at radius 2 is 0.931 bits per heavy atom. The van der Waals surface area contributed by atoms with Crippen LogP contribution in [0, 0.1) is 0 Å². The number of hydrogen-bond donors (Lipinski definition) is 0. The first kappa shape index (κ1) is 33.2. The van der Waals surface area contributed by atoms with Crippen LogP contribution in [0.25, 0.3) is 0 Å². The summed E-state index contributed by atoms with van der Waals surface area (Å²) in [6.45, 7) is 20.1. The molecule has 0 aromatic heterocycles. The molecule has 0 aromatic carbocycles. The molecule has 29 heavy (non-hydrogen) atoms. The Morgan fingerprint density at radius 1 is 0.655 bits per heavy atom. The van der Waals surface area contributed by atoms with Crippen molar-refractivity contribution in [3.8, 4) is 0 Å². The SMILES string of the molecule is CCOC(=O)CC(C)=O.CCOC(=O)CC(C)=O.C[Si](C)(C)[O][Zr][O][Si](C)(C)C. The third-order valence-electron chi connectivity index (χ3n) is 2.09. The Hall–Kier alpha value is -0.483. The van der Waals surface area contributed by atoms with Crippen LogP contribution < -0.4 is 0 Å². The van der Waals surface area contributed by atoms with Gasteiger partial charge in [-0.3, -0.25) is 19.2 Å². The van der Waals surface area contributed by atoms with Gasteiger partial charge >= 0.3 is 97.0 Å². The van der Waals surface area contributed by atoms with E-state index in [4.69, 9.17) is 5.00 Å². The first-order chi connectivity index (χ1) is 13.0. The molecule has 0 N–H and O–H groups in total. The molecule has 170 valence electrons. The third-order valence-corrected chi connectivity index (χ3v) is 13.7. The van der Waals surface area contributed by atoms with Gasteiger partial charge in [0, 0.05) is 0 Å². The van der Waals surface area contributed by atoms with E-state index in [1.54, 1.807) is 13.8 Å². The Morgan fingerprint density at radius 3 is 1.10 bits per heavy atom. The molecule has 0 unspecified atom stereocenters. The minimum absolute atomic E-state index is 0.103. The Bertz CT molecular complexity index is 455. The van der Waals surface area contributed by atoms with Crippen LogP contribution in [0.1, 0.15) is 40.5 Å². The molecule has 0 heterocycles. The number of Topliss-reactive ketones (excluding diaryl/α,β-unsaturated/α-hetero) is 2. The number of hydrogen-bond acceptors (Lipinski definition) is 8. The zero-order valence-corrected chi connectivity index (χ0v) is 24.1. The molecule has 0 atom stereocenters. The van der Waals surface area contributed by atoms with E-state index in [-0.39, 0.29) is 24.4 Å². The van der Waals surface area contributed by atoms with Gasteiger partial charge in [-0.05, 0) is 27.7 Å². The molecule has 0 saturated carbocycles. The van der Waals surface area contributed by atoms with Crippen molar-refractivity contribution in [1.82, 2.24) is 0 Å². The number of rotatable bonds is 10. The normalized spacial score (nSPS) is 10.4. The minimum atomic E-state index is -1.28. The summed E-state index contributed by atoms with van der Waals surface area (Å²) in [5.41, 5.74) is 0. The molecule has 11 heteroatoms. The average molecular weight is 530 g/mol. The van der Waals surface area contributed by atoms with Crippen molar-refractivity contribution in [3.63, 3.8) is 0 Å². The van der Waals surface area contributed by atoms with E-state index in [9.17, 15) is 19.2 Å². The van der Waals surface area contributed by atoms with Crippen LogP contribution in [0.3, 0.4) is 0 Å². The fourth-order valence-corrected chi connectivity index (χ4v) is 6.38. The molecule has 0 spiro atoms. The Balaban J connectivity index is -0.000000352. The van der Waals surface area contributed by atoms with Crippen molar-refractivity contribution in [1.29, 1.82) is 0 Å². The number of carbonyl (C=O) groups excluding carboxylic acids is 4. The fraction of sp³-hybridized carbons (Fsp3) is 0.778. The van der Waals surface area contributed by atoms with Crippen molar-refractivity contribution in [2.24, 2.45) is 0 Å². The van der Waals surface area contributed by atoms with Crippen LogP contribution in [0.5, 0.6) is 0 Å². The summed E-state index contributed by atoms with van der Waals surface area (Å²) in [5, 5.41) is 0. The van der Waals surface area contributed by atoms with E-state index in [1.807, 2.05) is 0 Å². The van der Waals surface area contributed by atoms with Crippen LogP contribution in [-0.4, -0.2) is 53.4 Å². The standard InChI is InChI=1S/2C6H10O3.2C3H9OSi.Zr/c2*1-3-9-6(8)4-5(2)7;2*1-5(2,3)4;/h2*3-4H2,1-2H3;2*1-3H3;/q;;2*-1;+2. The molecule has 0 aliphatic heterocycles. The van der Waals surface area contributed by atoms with E-state index in [0.29, 0.717) is 13.2 Å². The molecule has 0 saturated heterocycles. The predicted molar refractivity (Wildman–Crippen MR) is 113 cm³/mol. The van der Waals surface area contributed by atoms with E-state index >= 15 is 0 Å².